The van der Waals surface area contributed by atoms with E-state index in [-0.39, 0.29) is 10.8 Å². The second kappa shape index (κ2) is 5.22. The van der Waals surface area contributed by atoms with E-state index in [9.17, 15) is 8.42 Å². The van der Waals surface area contributed by atoms with E-state index in [1.165, 1.54) is 12.1 Å². The van der Waals surface area contributed by atoms with Crippen LogP contribution in [0, 0.1) is 13.8 Å². The number of hydrogen-bond acceptors (Lipinski definition) is 5. The maximum absolute atomic E-state index is 12.1. The van der Waals surface area contributed by atoms with Gasteiger partial charge in [-0.25, -0.2) is 18.1 Å². The molecule has 0 amide bonds. The smallest absolute Gasteiger partial charge is 0.246 e. The molecule has 0 aliphatic carbocycles. The van der Waals surface area contributed by atoms with Gasteiger partial charge in [0.25, 0.3) is 16.0 Å². The molecular formula is C11H11BrN4O2S. The van der Waals surface area contributed by atoms with Gasteiger partial charge < -0.3 is 0 Å². The fourth-order valence-electron chi connectivity index (χ4n) is 1.29. The standard InChI is InChI=1S/C11H11BrN4O2S/c1-7-8(2)14-15-11(13-7)16-19(17,18)10-5-3-9(12)4-6-10/h3-6H,1-2H3,(H,13,15,16). The summed E-state index contributed by atoms with van der Waals surface area (Å²) in [5.74, 6) is -0.0361. The first-order chi connectivity index (χ1) is 8.88. The van der Waals surface area contributed by atoms with Crippen LogP contribution in [0.25, 0.3) is 0 Å². The number of aryl methyl sites for hydroxylation is 2. The second-order valence-corrected chi connectivity index (χ2v) is 6.46. The molecule has 0 spiro atoms. The molecule has 0 aliphatic heterocycles. The highest BCUT2D eigenvalue weighted by Gasteiger charge is 2.16. The zero-order valence-corrected chi connectivity index (χ0v) is 12.7. The molecule has 0 aliphatic rings. The number of sulfonamides is 1. The highest BCUT2D eigenvalue weighted by molar-refractivity contribution is 9.10. The number of nitrogens with one attached hydrogen (secondary N) is 1. The fourth-order valence-corrected chi connectivity index (χ4v) is 2.50. The molecule has 0 saturated heterocycles. The van der Waals surface area contributed by atoms with Gasteiger partial charge >= 0.3 is 0 Å². The van der Waals surface area contributed by atoms with Crippen LogP contribution in [0.4, 0.5) is 5.95 Å². The molecule has 19 heavy (non-hydrogen) atoms. The lowest BCUT2D eigenvalue weighted by Gasteiger charge is -2.07. The molecule has 8 heteroatoms. The van der Waals surface area contributed by atoms with Gasteiger partial charge in [0.1, 0.15) is 0 Å². The predicted octanol–water partition coefficient (Wildman–Crippen LogP) is 2.05. The summed E-state index contributed by atoms with van der Waals surface area (Å²) >= 11 is 3.25. The van der Waals surface area contributed by atoms with Crippen LogP contribution in [-0.4, -0.2) is 23.6 Å². The van der Waals surface area contributed by atoms with Crippen LogP contribution in [-0.2, 0) is 10.0 Å². The summed E-state index contributed by atoms with van der Waals surface area (Å²) < 4.78 is 27.2. The Morgan fingerprint density at radius 1 is 1.05 bits per heavy atom. The van der Waals surface area contributed by atoms with Gasteiger partial charge in [0.05, 0.1) is 16.3 Å². The first kappa shape index (κ1) is 13.9. The summed E-state index contributed by atoms with van der Waals surface area (Å²) in [4.78, 5) is 4.16. The number of benzene rings is 1. The first-order valence-electron chi connectivity index (χ1n) is 5.35. The van der Waals surface area contributed by atoms with Crippen LogP contribution in [0.5, 0.6) is 0 Å². The molecule has 0 atom stereocenters. The van der Waals surface area contributed by atoms with Crippen LogP contribution < -0.4 is 4.72 Å². The number of nitrogens with zero attached hydrogens (tertiary/aromatic N) is 3. The molecule has 0 saturated carbocycles. The highest BCUT2D eigenvalue weighted by atomic mass is 79.9. The first-order valence-corrected chi connectivity index (χ1v) is 7.62. The molecular weight excluding hydrogens is 332 g/mol. The average Bonchev–Trinajstić information content (AvgIpc) is 2.34. The maximum Gasteiger partial charge on any atom is 0.264 e. The van der Waals surface area contributed by atoms with Crippen molar-refractivity contribution in [2.24, 2.45) is 0 Å². The lowest BCUT2D eigenvalue weighted by Crippen LogP contribution is -2.16. The van der Waals surface area contributed by atoms with Gasteiger partial charge in [-0.1, -0.05) is 15.9 Å². The molecule has 0 unspecified atom stereocenters. The molecule has 1 heterocycles. The van der Waals surface area contributed by atoms with Crippen molar-refractivity contribution < 1.29 is 8.42 Å². The molecule has 0 fully saturated rings. The topological polar surface area (TPSA) is 84.8 Å². The molecule has 6 nitrogen and oxygen atoms in total. The lowest BCUT2D eigenvalue weighted by atomic mass is 10.4. The molecule has 1 N–H and O–H groups in total. The number of halogens is 1. The van der Waals surface area contributed by atoms with Crippen LogP contribution in [0.1, 0.15) is 11.4 Å². The van der Waals surface area contributed by atoms with E-state index < -0.39 is 10.0 Å². The third-order valence-electron chi connectivity index (χ3n) is 2.44. The minimum absolute atomic E-state index is 0.0361. The van der Waals surface area contributed by atoms with Gasteiger partial charge in [-0.2, -0.15) is 5.10 Å². The summed E-state index contributed by atoms with van der Waals surface area (Å²) in [6.45, 7) is 3.49. The minimum atomic E-state index is -3.70. The predicted molar refractivity (Wildman–Crippen MR) is 74.3 cm³/mol. The average molecular weight is 343 g/mol. The van der Waals surface area contributed by atoms with E-state index in [1.807, 2.05) is 0 Å². The number of hydrogen-bond donors (Lipinski definition) is 1. The van der Waals surface area contributed by atoms with Crippen molar-refractivity contribution in [1.29, 1.82) is 0 Å². The van der Waals surface area contributed by atoms with Crippen LogP contribution >= 0.6 is 15.9 Å². The van der Waals surface area contributed by atoms with Crippen molar-refractivity contribution in [2.45, 2.75) is 18.7 Å². The molecule has 100 valence electrons. The van der Waals surface area contributed by atoms with Crippen molar-refractivity contribution in [3.05, 3.63) is 40.1 Å². The Hall–Kier alpha value is -1.54. The third kappa shape index (κ3) is 3.27. The van der Waals surface area contributed by atoms with Gasteiger partial charge in [-0.3, -0.25) is 0 Å². The van der Waals surface area contributed by atoms with Gasteiger partial charge in [-0.05, 0) is 38.1 Å². The van der Waals surface area contributed by atoms with Gasteiger partial charge in [0, 0.05) is 4.47 Å². The summed E-state index contributed by atoms with van der Waals surface area (Å²) in [6, 6.07) is 6.27. The van der Waals surface area contributed by atoms with Crippen LogP contribution in [0.3, 0.4) is 0 Å². The molecule has 1 aromatic heterocycles. The van der Waals surface area contributed by atoms with E-state index in [2.05, 4.69) is 35.8 Å². The maximum atomic E-state index is 12.1. The van der Waals surface area contributed by atoms with E-state index in [0.717, 1.165) is 4.47 Å². The monoisotopic (exact) mass is 342 g/mol. The Balaban J connectivity index is 2.30. The summed E-state index contributed by atoms with van der Waals surface area (Å²) in [6.07, 6.45) is 0. The minimum Gasteiger partial charge on any atom is -0.246 e. The van der Waals surface area contributed by atoms with E-state index in [4.69, 9.17) is 0 Å². The molecule has 2 rings (SSSR count). The highest BCUT2D eigenvalue weighted by Crippen LogP contribution is 2.16. The third-order valence-corrected chi connectivity index (χ3v) is 4.31. The number of anilines is 1. The Morgan fingerprint density at radius 2 is 1.68 bits per heavy atom. The van der Waals surface area contributed by atoms with E-state index >= 15 is 0 Å². The van der Waals surface area contributed by atoms with E-state index in [0.29, 0.717) is 11.4 Å². The van der Waals surface area contributed by atoms with Crippen molar-refractivity contribution in [2.75, 3.05) is 4.72 Å². The molecule has 0 bridgehead atoms. The SMILES string of the molecule is Cc1nnc(NS(=O)(=O)c2ccc(Br)cc2)nc1C. The summed E-state index contributed by atoms with van der Waals surface area (Å²) in [5.41, 5.74) is 1.29. The van der Waals surface area contributed by atoms with Crippen molar-refractivity contribution in [3.63, 3.8) is 0 Å². The van der Waals surface area contributed by atoms with Crippen LogP contribution in [0.2, 0.25) is 0 Å². The Labute approximate surface area is 119 Å². The van der Waals surface area contributed by atoms with Crippen molar-refractivity contribution >= 4 is 31.9 Å². The van der Waals surface area contributed by atoms with Gasteiger partial charge in [0.15, 0.2) is 0 Å². The number of rotatable bonds is 3. The molecule has 2 aromatic rings. The lowest BCUT2D eigenvalue weighted by molar-refractivity contribution is 0.600. The molecule has 0 radical (unpaired) electrons. The van der Waals surface area contributed by atoms with Crippen LogP contribution in [0.15, 0.2) is 33.6 Å². The fraction of sp³-hybridized carbons (Fsp3) is 0.182. The molecule has 1 aromatic carbocycles. The second-order valence-electron chi connectivity index (χ2n) is 3.87. The van der Waals surface area contributed by atoms with Gasteiger partial charge in [0.2, 0.25) is 0 Å². The Kier molecular flexibility index (Phi) is 3.81. The van der Waals surface area contributed by atoms with Gasteiger partial charge in [-0.15, -0.1) is 5.10 Å². The largest absolute Gasteiger partial charge is 0.264 e. The Morgan fingerprint density at radius 3 is 2.26 bits per heavy atom. The number of aromatic nitrogens is 3. The quantitative estimate of drug-likeness (QED) is 0.922. The van der Waals surface area contributed by atoms with Crippen molar-refractivity contribution in [3.8, 4) is 0 Å². The zero-order valence-electron chi connectivity index (χ0n) is 10.3. The summed E-state index contributed by atoms with van der Waals surface area (Å²) in [5, 5.41) is 7.53. The normalized spacial score (nSPS) is 11.3. The summed E-state index contributed by atoms with van der Waals surface area (Å²) in [7, 11) is -3.70. The zero-order chi connectivity index (χ0) is 14.0. The Bertz CT molecular complexity index is 701. The van der Waals surface area contributed by atoms with Crippen molar-refractivity contribution in [1.82, 2.24) is 15.2 Å². The van der Waals surface area contributed by atoms with E-state index in [1.54, 1.807) is 26.0 Å².